The second-order valence-electron chi connectivity index (χ2n) is 5.79. The molecule has 2 aliphatic rings. The van der Waals surface area contributed by atoms with Crippen LogP contribution in [0.3, 0.4) is 0 Å². The molecule has 0 N–H and O–H groups in total. The fourth-order valence-corrected chi connectivity index (χ4v) is 4.53. The summed E-state index contributed by atoms with van der Waals surface area (Å²) in [6.45, 7) is 0. The van der Waals surface area contributed by atoms with Crippen LogP contribution < -0.4 is 4.90 Å². The Balaban J connectivity index is 2.13. The highest BCUT2D eigenvalue weighted by Crippen LogP contribution is 2.44. The van der Waals surface area contributed by atoms with Gasteiger partial charge in [-0.15, -0.1) is 0 Å². The van der Waals surface area contributed by atoms with E-state index in [0.29, 0.717) is 30.3 Å². The molecule has 2 atom stereocenters. The van der Waals surface area contributed by atoms with E-state index >= 15 is 0 Å². The van der Waals surface area contributed by atoms with Crippen LogP contribution in [0, 0.1) is 0 Å². The highest BCUT2D eigenvalue weighted by atomic mass is 35.5. The van der Waals surface area contributed by atoms with Crippen molar-refractivity contribution < 1.29 is 21.6 Å². The first-order valence-corrected chi connectivity index (χ1v) is 9.53. The van der Waals surface area contributed by atoms with Crippen molar-refractivity contribution in [2.45, 2.75) is 29.9 Å². The van der Waals surface area contributed by atoms with E-state index in [1.165, 1.54) is 4.90 Å². The lowest BCUT2D eigenvalue weighted by Crippen LogP contribution is -2.32. The third kappa shape index (κ3) is 3.04. The normalized spacial score (nSPS) is 24.0. The number of halogens is 4. The molecule has 2 unspecified atom stereocenters. The molecule has 0 bridgehead atoms. The third-order valence-electron chi connectivity index (χ3n) is 4.14. The number of sulfone groups is 1. The van der Waals surface area contributed by atoms with Gasteiger partial charge < -0.3 is 4.90 Å². The number of hydrogen-bond donors (Lipinski definition) is 0. The predicted octanol–water partition coefficient (Wildman–Crippen LogP) is 3.58. The lowest BCUT2D eigenvalue weighted by atomic mass is 10.1. The molecule has 1 aliphatic heterocycles. The maximum atomic E-state index is 13.0. The van der Waals surface area contributed by atoms with Crippen molar-refractivity contribution in [3.63, 3.8) is 0 Å². The summed E-state index contributed by atoms with van der Waals surface area (Å²) in [6.07, 6.45) is -0.907. The van der Waals surface area contributed by atoms with E-state index in [1.807, 2.05) is 0 Å². The van der Waals surface area contributed by atoms with E-state index in [2.05, 4.69) is 4.99 Å². The minimum Gasteiger partial charge on any atom is -0.312 e. The van der Waals surface area contributed by atoms with Crippen LogP contribution in [0.2, 0.25) is 0 Å². The van der Waals surface area contributed by atoms with E-state index in [4.69, 9.17) is 11.6 Å². The molecule has 0 saturated carbocycles. The number of rotatable bonds is 2. The number of hydrogen-bond acceptors (Lipinski definition) is 4. The zero-order valence-electron chi connectivity index (χ0n) is 12.6. The molecule has 0 aromatic heterocycles. The number of fused-ring (bicyclic) bond motifs is 1. The number of nitrogens with zero attached hydrogens (tertiary/aromatic N) is 2. The number of anilines is 1. The molecule has 130 valence electrons. The van der Waals surface area contributed by atoms with Crippen molar-refractivity contribution in [3.05, 3.63) is 41.1 Å². The molecule has 0 amide bonds. The van der Waals surface area contributed by atoms with Gasteiger partial charge in [0.05, 0.1) is 10.8 Å². The van der Waals surface area contributed by atoms with E-state index in [-0.39, 0.29) is 0 Å². The average Bonchev–Trinajstić information content (AvgIpc) is 2.90. The minimum atomic E-state index is -4.56. The molecule has 24 heavy (non-hydrogen) atoms. The minimum absolute atomic E-state index is 0.346. The lowest BCUT2D eigenvalue weighted by molar-refractivity contribution is -0.0859. The molecule has 0 fully saturated rings. The maximum absolute atomic E-state index is 13.0. The van der Waals surface area contributed by atoms with Gasteiger partial charge in [-0.05, 0) is 30.0 Å². The van der Waals surface area contributed by atoms with Gasteiger partial charge in [0.25, 0.3) is 0 Å². The molecular weight excluding hydrogens is 365 g/mol. The summed E-state index contributed by atoms with van der Waals surface area (Å²) in [4.78, 5) is 4.85. The zero-order valence-corrected chi connectivity index (χ0v) is 14.2. The van der Waals surface area contributed by atoms with Gasteiger partial charge in [0.2, 0.25) is 5.62 Å². The van der Waals surface area contributed by atoms with Gasteiger partial charge in [-0.3, -0.25) is 4.99 Å². The molecule has 1 aromatic carbocycles. The van der Waals surface area contributed by atoms with Crippen LogP contribution in [0.5, 0.6) is 0 Å². The third-order valence-corrected chi connectivity index (χ3v) is 5.97. The summed E-state index contributed by atoms with van der Waals surface area (Å²) in [5.74, 6) is 0. The highest BCUT2D eigenvalue weighted by Gasteiger charge is 2.38. The van der Waals surface area contributed by atoms with Gasteiger partial charge >= 0.3 is 6.18 Å². The first-order valence-electron chi connectivity index (χ1n) is 7.14. The molecule has 1 aliphatic carbocycles. The Hall–Kier alpha value is -1.54. The molecule has 4 nitrogen and oxygen atoms in total. The molecule has 0 saturated heterocycles. The number of aliphatic imine (C=N–C) groups is 1. The van der Waals surface area contributed by atoms with Gasteiger partial charge in [0, 0.05) is 24.4 Å². The first-order chi connectivity index (χ1) is 11.1. The quantitative estimate of drug-likeness (QED) is 0.584. The highest BCUT2D eigenvalue weighted by molar-refractivity contribution is 7.91. The van der Waals surface area contributed by atoms with Crippen molar-refractivity contribution in [1.82, 2.24) is 0 Å². The van der Waals surface area contributed by atoms with E-state index in [1.54, 1.807) is 18.2 Å². The summed E-state index contributed by atoms with van der Waals surface area (Å²) in [5, 5.41) is -0.749. The standard InChI is InChI=1S/C15H14ClF3N2O2S/c1-24(22,23)12-6-5-9-3-2-4-11(13(9)12)21-8-10(15(17,18)19)7-20-14(21)16/h2-4,7-8,12,14H,5-6H2,1H3. The van der Waals surface area contributed by atoms with Crippen LogP contribution in [0.15, 0.2) is 35.0 Å². The largest absolute Gasteiger partial charge is 0.419 e. The molecule has 0 radical (unpaired) electrons. The summed E-state index contributed by atoms with van der Waals surface area (Å²) in [5.41, 5.74) is -0.336. The second-order valence-corrected chi connectivity index (χ2v) is 8.40. The van der Waals surface area contributed by atoms with E-state index < -0.39 is 32.5 Å². The number of aryl methyl sites for hydroxylation is 1. The van der Waals surface area contributed by atoms with Gasteiger partial charge in [-0.2, -0.15) is 13.2 Å². The van der Waals surface area contributed by atoms with Crippen LogP contribution in [0.25, 0.3) is 0 Å². The number of benzene rings is 1. The molecule has 1 aromatic rings. The summed E-state index contributed by atoms with van der Waals surface area (Å²) < 4.78 is 63.0. The summed E-state index contributed by atoms with van der Waals surface area (Å²) >= 11 is 6.06. The Bertz CT molecular complexity index is 834. The van der Waals surface area contributed by atoms with E-state index in [9.17, 15) is 21.6 Å². The van der Waals surface area contributed by atoms with Gasteiger partial charge in [-0.1, -0.05) is 23.7 Å². The van der Waals surface area contributed by atoms with Crippen LogP contribution in [0.4, 0.5) is 18.9 Å². The zero-order chi connectivity index (χ0) is 17.7. The van der Waals surface area contributed by atoms with Crippen LogP contribution >= 0.6 is 11.6 Å². The fourth-order valence-electron chi connectivity index (χ4n) is 3.06. The number of allylic oxidation sites excluding steroid dienone is 1. The molecule has 9 heteroatoms. The topological polar surface area (TPSA) is 49.7 Å². The van der Waals surface area contributed by atoms with Crippen molar-refractivity contribution in [1.29, 1.82) is 0 Å². The van der Waals surface area contributed by atoms with Gasteiger partial charge in [-0.25, -0.2) is 8.42 Å². The SMILES string of the molecule is CS(=O)(=O)C1CCc2cccc(N3C=C(C(F)(F)F)C=NC3Cl)c21. The Morgan fingerprint density at radius 3 is 2.67 bits per heavy atom. The van der Waals surface area contributed by atoms with Crippen molar-refractivity contribution >= 4 is 33.3 Å². The van der Waals surface area contributed by atoms with Gasteiger partial charge in [0.15, 0.2) is 9.84 Å². The van der Waals surface area contributed by atoms with Crippen molar-refractivity contribution in [2.24, 2.45) is 4.99 Å². The monoisotopic (exact) mass is 378 g/mol. The summed E-state index contributed by atoms with van der Waals surface area (Å²) in [7, 11) is -3.39. The summed E-state index contributed by atoms with van der Waals surface area (Å²) in [6, 6.07) is 5.04. The van der Waals surface area contributed by atoms with Crippen LogP contribution in [-0.4, -0.2) is 32.7 Å². The molecule has 1 heterocycles. The fraction of sp³-hybridized carbons (Fsp3) is 0.400. The Labute approximate surface area is 142 Å². The van der Waals surface area contributed by atoms with Crippen molar-refractivity contribution in [3.8, 4) is 0 Å². The van der Waals surface area contributed by atoms with Gasteiger partial charge in [0.1, 0.15) is 0 Å². The van der Waals surface area contributed by atoms with Crippen LogP contribution in [0.1, 0.15) is 22.8 Å². The molecule has 3 rings (SSSR count). The average molecular weight is 379 g/mol. The molecule has 0 spiro atoms. The second kappa shape index (κ2) is 5.77. The van der Waals surface area contributed by atoms with Crippen molar-refractivity contribution in [2.75, 3.05) is 11.2 Å². The molecular formula is C15H14ClF3N2O2S. The lowest BCUT2D eigenvalue weighted by Gasteiger charge is -2.30. The number of alkyl halides is 4. The Morgan fingerprint density at radius 2 is 2.04 bits per heavy atom. The first kappa shape index (κ1) is 17.3. The maximum Gasteiger partial charge on any atom is 0.419 e. The smallest absolute Gasteiger partial charge is 0.312 e. The van der Waals surface area contributed by atoms with Crippen LogP contribution in [-0.2, 0) is 16.3 Å². The Morgan fingerprint density at radius 1 is 1.33 bits per heavy atom. The predicted molar refractivity (Wildman–Crippen MR) is 87.1 cm³/mol. The Kier molecular flexibility index (Phi) is 4.16. The van der Waals surface area contributed by atoms with E-state index in [0.717, 1.165) is 18.0 Å².